The number of hydrogen-bond acceptors (Lipinski definition) is 6. The van der Waals surface area contributed by atoms with Crippen molar-refractivity contribution < 1.29 is 28.5 Å². The third-order valence-corrected chi connectivity index (χ3v) is 9.25. The molecule has 0 bridgehead atoms. The molecular formula is C43H46O6. The number of ether oxygens (including phenoxy) is 4. The second kappa shape index (κ2) is 17.0. The molecule has 4 aromatic rings. The number of carbonyl (C=O) groups excluding carboxylic acids is 2. The molecule has 1 fully saturated rings. The summed E-state index contributed by atoms with van der Waals surface area (Å²) in [6, 6.07) is 30.3. The molecule has 0 spiro atoms. The van der Waals surface area contributed by atoms with Gasteiger partial charge >= 0.3 is 11.9 Å². The fraction of sp³-hybridized carbons (Fsp3) is 0.302. The predicted octanol–water partition coefficient (Wildman–Crippen LogP) is 9.98. The molecule has 0 heterocycles. The second-order valence-corrected chi connectivity index (χ2v) is 12.8. The largest absolute Gasteiger partial charge is 0.423 e. The number of methoxy groups -OCH3 is 2. The van der Waals surface area contributed by atoms with Crippen molar-refractivity contribution in [2.45, 2.75) is 51.4 Å². The van der Waals surface area contributed by atoms with Crippen LogP contribution >= 0.6 is 0 Å². The lowest BCUT2D eigenvalue weighted by atomic mass is 9.77. The van der Waals surface area contributed by atoms with Gasteiger partial charge in [0.1, 0.15) is 11.5 Å². The summed E-state index contributed by atoms with van der Waals surface area (Å²) < 4.78 is 21.1. The smallest absolute Gasteiger partial charge is 0.341 e. The average Bonchev–Trinajstić information content (AvgIpc) is 3.13. The van der Waals surface area contributed by atoms with Gasteiger partial charge in [-0.05, 0) is 101 Å². The molecular weight excluding hydrogens is 612 g/mol. The molecule has 0 N–H and O–H groups in total. The van der Waals surface area contributed by atoms with Crippen molar-refractivity contribution in [2.75, 3.05) is 27.4 Å². The van der Waals surface area contributed by atoms with Crippen LogP contribution in [-0.2, 0) is 19.1 Å². The van der Waals surface area contributed by atoms with Gasteiger partial charge in [0, 0.05) is 14.2 Å². The molecule has 6 nitrogen and oxygen atoms in total. The van der Waals surface area contributed by atoms with E-state index in [-0.39, 0.29) is 24.4 Å². The predicted molar refractivity (Wildman–Crippen MR) is 196 cm³/mol. The molecule has 0 radical (unpaired) electrons. The highest BCUT2D eigenvalue weighted by Crippen LogP contribution is 2.40. The minimum atomic E-state index is -0.514. The van der Waals surface area contributed by atoms with Gasteiger partial charge in [0.25, 0.3) is 0 Å². The van der Waals surface area contributed by atoms with Crippen LogP contribution < -0.4 is 9.47 Å². The van der Waals surface area contributed by atoms with Crippen LogP contribution in [0.2, 0.25) is 0 Å². The molecule has 0 unspecified atom stereocenters. The number of rotatable bonds is 14. The normalized spacial score (nSPS) is 15.7. The number of hydrogen-bond donors (Lipinski definition) is 0. The summed E-state index contributed by atoms with van der Waals surface area (Å²) in [5.74, 6) is 1.33. The maximum Gasteiger partial charge on any atom is 0.341 e. The van der Waals surface area contributed by atoms with Gasteiger partial charge in [-0.15, -0.1) is 0 Å². The fourth-order valence-electron chi connectivity index (χ4n) is 6.59. The van der Waals surface area contributed by atoms with Crippen LogP contribution in [0.15, 0.2) is 115 Å². The van der Waals surface area contributed by atoms with E-state index in [0.717, 1.165) is 39.3 Å². The first kappa shape index (κ1) is 35.5. The maximum absolute atomic E-state index is 12.7. The Morgan fingerprint density at radius 3 is 1.63 bits per heavy atom. The van der Waals surface area contributed by atoms with E-state index in [1.54, 1.807) is 12.1 Å². The SMILES string of the molecule is C=C(COC)C(=O)Oc1ccc(-c2ccc(-c3ccc(OC(=O)C(=C)COC)cc3-c3ccc(C4CCC(CCC)CC4)cc3)cc2)cc1. The van der Waals surface area contributed by atoms with E-state index >= 15 is 0 Å². The topological polar surface area (TPSA) is 71.1 Å². The van der Waals surface area contributed by atoms with E-state index in [9.17, 15) is 9.59 Å². The Morgan fingerprint density at radius 2 is 1.08 bits per heavy atom. The first-order valence-corrected chi connectivity index (χ1v) is 17.0. The molecule has 49 heavy (non-hydrogen) atoms. The van der Waals surface area contributed by atoms with Gasteiger partial charge in [-0.1, -0.05) is 99.7 Å². The highest BCUT2D eigenvalue weighted by molar-refractivity contribution is 5.91. The van der Waals surface area contributed by atoms with Gasteiger partial charge in [-0.2, -0.15) is 0 Å². The van der Waals surface area contributed by atoms with Gasteiger partial charge in [0.05, 0.1) is 24.4 Å². The van der Waals surface area contributed by atoms with E-state index in [4.69, 9.17) is 18.9 Å². The van der Waals surface area contributed by atoms with E-state index in [1.165, 1.54) is 58.3 Å². The molecule has 4 aromatic carbocycles. The molecule has 0 saturated heterocycles. The lowest BCUT2D eigenvalue weighted by molar-refractivity contribution is -0.131. The van der Waals surface area contributed by atoms with Crippen LogP contribution in [0.3, 0.4) is 0 Å². The molecule has 0 aromatic heterocycles. The van der Waals surface area contributed by atoms with Crippen LogP contribution in [0.1, 0.15) is 56.9 Å². The highest BCUT2D eigenvalue weighted by Gasteiger charge is 2.22. The Kier molecular flexibility index (Phi) is 12.4. The van der Waals surface area contributed by atoms with Crippen molar-refractivity contribution in [3.05, 3.63) is 121 Å². The molecule has 5 rings (SSSR count). The molecule has 0 atom stereocenters. The van der Waals surface area contributed by atoms with Crippen LogP contribution in [-0.4, -0.2) is 39.4 Å². The lowest BCUT2D eigenvalue weighted by Gasteiger charge is -2.28. The fourth-order valence-corrected chi connectivity index (χ4v) is 6.59. The zero-order valence-electron chi connectivity index (χ0n) is 28.8. The summed E-state index contributed by atoms with van der Waals surface area (Å²) in [6.45, 7) is 9.99. The first-order valence-electron chi connectivity index (χ1n) is 17.0. The third kappa shape index (κ3) is 9.23. The van der Waals surface area contributed by atoms with Crippen LogP contribution in [0.25, 0.3) is 33.4 Å². The zero-order valence-corrected chi connectivity index (χ0v) is 28.8. The summed E-state index contributed by atoms with van der Waals surface area (Å²) in [4.78, 5) is 24.8. The van der Waals surface area contributed by atoms with E-state index < -0.39 is 11.9 Å². The minimum Gasteiger partial charge on any atom is -0.423 e. The summed E-state index contributed by atoms with van der Waals surface area (Å²) in [7, 11) is 3.02. The monoisotopic (exact) mass is 658 g/mol. The Labute approximate surface area is 290 Å². The molecule has 1 aliphatic carbocycles. The average molecular weight is 659 g/mol. The lowest BCUT2D eigenvalue weighted by Crippen LogP contribution is -2.14. The zero-order chi connectivity index (χ0) is 34.8. The Morgan fingerprint density at radius 1 is 0.612 bits per heavy atom. The minimum absolute atomic E-state index is 0.107. The van der Waals surface area contributed by atoms with Crippen molar-refractivity contribution >= 4 is 11.9 Å². The van der Waals surface area contributed by atoms with Crippen molar-refractivity contribution in [3.8, 4) is 44.9 Å². The molecule has 0 aliphatic heterocycles. The molecule has 1 saturated carbocycles. The molecule has 6 heteroatoms. The molecule has 0 amide bonds. The van der Waals surface area contributed by atoms with Crippen LogP contribution in [0, 0.1) is 5.92 Å². The van der Waals surface area contributed by atoms with E-state index in [0.29, 0.717) is 17.4 Å². The third-order valence-electron chi connectivity index (χ3n) is 9.25. The van der Waals surface area contributed by atoms with Gasteiger partial charge in [-0.3, -0.25) is 0 Å². The quantitative estimate of drug-likeness (QED) is 0.0763. The van der Waals surface area contributed by atoms with Crippen molar-refractivity contribution in [1.29, 1.82) is 0 Å². The van der Waals surface area contributed by atoms with Gasteiger partial charge in [-0.25, -0.2) is 9.59 Å². The van der Waals surface area contributed by atoms with Crippen LogP contribution in [0.5, 0.6) is 11.5 Å². The number of carbonyl (C=O) groups is 2. The van der Waals surface area contributed by atoms with Crippen LogP contribution in [0.4, 0.5) is 0 Å². The number of esters is 2. The second-order valence-electron chi connectivity index (χ2n) is 12.8. The maximum atomic E-state index is 12.7. The Bertz CT molecular complexity index is 1740. The summed E-state index contributed by atoms with van der Waals surface area (Å²) in [5, 5.41) is 0. The molecule has 254 valence electrons. The standard InChI is InChI=1S/C43H46O6/c1-6-7-31-8-10-32(11-9-31)33-14-18-37(19-15-33)41-26-39(49-43(45)30(3)28-47-5)24-25-40(41)36-16-12-34(13-17-36)35-20-22-38(23-21-35)48-42(44)29(2)27-46-4/h12-26,31-32H,2-3,6-11,27-28H2,1,4-5H3. The van der Waals surface area contributed by atoms with Crippen molar-refractivity contribution in [3.63, 3.8) is 0 Å². The van der Waals surface area contributed by atoms with Crippen molar-refractivity contribution in [2.24, 2.45) is 5.92 Å². The van der Waals surface area contributed by atoms with E-state index in [2.05, 4.69) is 68.6 Å². The highest BCUT2D eigenvalue weighted by atomic mass is 16.5. The number of benzene rings is 4. The summed E-state index contributed by atoms with van der Waals surface area (Å²) >= 11 is 0. The summed E-state index contributed by atoms with van der Waals surface area (Å²) in [6.07, 6.45) is 7.72. The Hall–Kier alpha value is -4.78. The Balaban J connectivity index is 1.39. The van der Waals surface area contributed by atoms with Gasteiger partial charge in [0.2, 0.25) is 0 Å². The summed E-state index contributed by atoms with van der Waals surface area (Å²) in [5.41, 5.74) is 7.98. The van der Waals surface area contributed by atoms with Gasteiger partial charge in [0.15, 0.2) is 0 Å². The molecule has 1 aliphatic rings. The van der Waals surface area contributed by atoms with E-state index in [1.807, 2.05) is 30.3 Å². The first-order chi connectivity index (χ1) is 23.8. The van der Waals surface area contributed by atoms with Gasteiger partial charge < -0.3 is 18.9 Å². The van der Waals surface area contributed by atoms with Crippen molar-refractivity contribution in [1.82, 2.24) is 0 Å².